The summed E-state index contributed by atoms with van der Waals surface area (Å²) in [7, 11) is 0. The first kappa shape index (κ1) is 10.4. The summed E-state index contributed by atoms with van der Waals surface area (Å²) in [5, 5.41) is 8.55. The Bertz CT molecular complexity index is 379. The van der Waals surface area contributed by atoms with Gasteiger partial charge < -0.3 is 10.8 Å². The first-order chi connectivity index (χ1) is 6.43. The van der Waals surface area contributed by atoms with Gasteiger partial charge in [-0.05, 0) is 12.1 Å². The molecule has 1 aromatic rings. The Morgan fingerprint density at radius 1 is 1.43 bits per heavy atom. The van der Waals surface area contributed by atoms with Crippen LogP contribution in [0.1, 0.15) is 22.3 Å². The molecule has 0 spiro atoms. The van der Waals surface area contributed by atoms with Gasteiger partial charge in [0.05, 0.1) is 5.56 Å². The van der Waals surface area contributed by atoms with Crippen molar-refractivity contribution in [2.24, 2.45) is 0 Å². The van der Waals surface area contributed by atoms with Gasteiger partial charge in [0, 0.05) is 11.3 Å². The number of benzene rings is 1. The van der Waals surface area contributed by atoms with Crippen LogP contribution in [-0.2, 0) is 0 Å². The van der Waals surface area contributed by atoms with Crippen molar-refractivity contribution >= 4 is 11.7 Å². The molecule has 0 aliphatic carbocycles. The van der Waals surface area contributed by atoms with Crippen molar-refractivity contribution in [3.63, 3.8) is 0 Å². The molecular weight excluding hydrogens is 199 g/mol. The first-order valence-electron chi connectivity index (χ1n) is 3.54. The maximum Gasteiger partial charge on any atom is 0.338 e. The molecule has 3 N–H and O–H groups in total. The number of aromatic carboxylic acids is 1. The van der Waals surface area contributed by atoms with Crippen LogP contribution in [0.15, 0.2) is 12.1 Å². The molecule has 0 aliphatic heterocycles. The maximum atomic E-state index is 12.6. The summed E-state index contributed by atoms with van der Waals surface area (Å²) in [5.41, 5.74) is 2.94. The normalized spacial score (nSPS) is 10.6. The smallest absolute Gasteiger partial charge is 0.338 e. The fraction of sp³-hybridized carbons (Fsp3) is 0.125. The Morgan fingerprint density at radius 3 is 2.43 bits per heavy atom. The van der Waals surface area contributed by atoms with Crippen molar-refractivity contribution in [1.82, 2.24) is 0 Å². The number of anilines is 1. The molecule has 1 rings (SSSR count). The number of halogens is 3. The Hall–Kier alpha value is -1.72. The minimum atomic E-state index is -3.07. The molecule has 0 heterocycles. The van der Waals surface area contributed by atoms with Gasteiger partial charge in [0.2, 0.25) is 0 Å². The van der Waals surface area contributed by atoms with Crippen molar-refractivity contribution < 1.29 is 23.1 Å². The number of carboxylic acid groups (broad SMARTS) is 1. The third-order valence-corrected chi connectivity index (χ3v) is 1.61. The summed E-state index contributed by atoms with van der Waals surface area (Å²) in [6.45, 7) is 0. The lowest BCUT2D eigenvalue weighted by Crippen LogP contribution is -2.08. The molecule has 0 fully saturated rings. The minimum absolute atomic E-state index is 0.463. The third-order valence-electron chi connectivity index (χ3n) is 1.61. The average molecular weight is 205 g/mol. The highest BCUT2D eigenvalue weighted by atomic mass is 19.3. The predicted octanol–water partition coefficient (Wildman–Crippen LogP) is 2.04. The minimum Gasteiger partial charge on any atom is -0.478 e. The summed E-state index contributed by atoms with van der Waals surface area (Å²) in [6, 6.07) is 1.15. The lowest BCUT2D eigenvalue weighted by Gasteiger charge is -2.07. The Kier molecular flexibility index (Phi) is 2.64. The molecule has 6 heteroatoms. The van der Waals surface area contributed by atoms with Crippen LogP contribution in [0.3, 0.4) is 0 Å². The number of alkyl halides is 2. The molecule has 3 nitrogen and oxygen atoms in total. The Labute approximate surface area is 77.0 Å². The topological polar surface area (TPSA) is 63.3 Å². The molecule has 0 amide bonds. The fourth-order valence-electron chi connectivity index (χ4n) is 1.07. The zero-order valence-electron chi connectivity index (χ0n) is 6.80. The fourth-order valence-corrected chi connectivity index (χ4v) is 1.07. The second-order valence-corrected chi connectivity index (χ2v) is 2.57. The lowest BCUT2D eigenvalue weighted by molar-refractivity contribution is 0.0686. The number of nitrogens with two attached hydrogens (primary N) is 1. The van der Waals surface area contributed by atoms with Crippen molar-refractivity contribution in [1.29, 1.82) is 0 Å². The monoisotopic (exact) mass is 205 g/mol. The first-order valence-corrected chi connectivity index (χ1v) is 3.54. The van der Waals surface area contributed by atoms with Gasteiger partial charge in [0.15, 0.2) is 0 Å². The van der Waals surface area contributed by atoms with Crippen molar-refractivity contribution in [3.05, 3.63) is 29.1 Å². The van der Waals surface area contributed by atoms with E-state index in [1.54, 1.807) is 0 Å². The molecule has 0 unspecified atom stereocenters. The van der Waals surface area contributed by atoms with E-state index in [0.29, 0.717) is 12.1 Å². The van der Waals surface area contributed by atoms with Gasteiger partial charge in [0.1, 0.15) is 5.82 Å². The molecule has 0 aliphatic rings. The highest BCUT2D eigenvalue weighted by Gasteiger charge is 2.21. The van der Waals surface area contributed by atoms with Gasteiger partial charge >= 0.3 is 5.97 Å². The van der Waals surface area contributed by atoms with E-state index in [4.69, 9.17) is 10.8 Å². The van der Waals surface area contributed by atoms with Gasteiger partial charge in [-0.3, -0.25) is 0 Å². The number of carboxylic acids is 1. The SMILES string of the molecule is Nc1cc(F)cc(C(F)F)c1C(=O)O. The van der Waals surface area contributed by atoms with E-state index in [9.17, 15) is 18.0 Å². The summed E-state index contributed by atoms with van der Waals surface area (Å²) >= 11 is 0. The Balaban J connectivity index is 3.44. The predicted molar refractivity (Wildman–Crippen MR) is 42.7 cm³/mol. The summed E-state index contributed by atoms with van der Waals surface area (Å²) < 4.78 is 37.2. The van der Waals surface area contributed by atoms with E-state index in [1.165, 1.54) is 0 Å². The number of rotatable bonds is 2. The molecule has 0 bridgehead atoms. The molecule has 76 valence electrons. The molecule has 0 saturated heterocycles. The number of hydrogen-bond acceptors (Lipinski definition) is 2. The zero-order valence-corrected chi connectivity index (χ0v) is 6.80. The zero-order chi connectivity index (χ0) is 10.9. The molecule has 0 aromatic heterocycles. The molecule has 0 atom stereocenters. The highest BCUT2D eigenvalue weighted by molar-refractivity contribution is 5.95. The molecule has 0 saturated carbocycles. The van der Waals surface area contributed by atoms with Crippen molar-refractivity contribution in [3.8, 4) is 0 Å². The van der Waals surface area contributed by atoms with Crippen LogP contribution in [0.2, 0.25) is 0 Å². The molecule has 14 heavy (non-hydrogen) atoms. The Morgan fingerprint density at radius 2 is 2.00 bits per heavy atom. The number of hydrogen-bond donors (Lipinski definition) is 2. The van der Waals surface area contributed by atoms with Crippen molar-refractivity contribution in [2.45, 2.75) is 6.43 Å². The van der Waals surface area contributed by atoms with Gasteiger partial charge in [0.25, 0.3) is 6.43 Å². The summed E-state index contributed by atoms with van der Waals surface area (Å²) in [6.07, 6.45) is -3.07. The van der Waals surface area contributed by atoms with E-state index >= 15 is 0 Å². The van der Waals surface area contributed by atoms with Crippen LogP contribution in [0.5, 0.6) is 0 Å². The summed E-state index contributed by atoms with van der Waals surface area (Å²) in [4.78, 5) is 10.5. The lowest BCUT2D eigenvalue weighted by atomic mass is 10.1. The average Bonchev–Trinajstić information content (AvgIpc) is 2.01. The second-order valence-electron chi connectivity index (χ2n) is 2.57. The van der Waals surface area contributed by atoms with Gasteiger partial charge in [-0.2, -0.15) is 0 Å². The van der Waals surface area contributed by atoms with Crippen LogP contribution >= 0.6 is 0 Å². The standard InChI is InChI=1S/C8H6F3NO2/c9-3-1-4(7(10)11)6(8(13)14)5(12)2-3/h1-2,7H,12H2,(H,13,14). The number of carbonyl (C=O) groups is 1. The van der Waals surface area contributed by atoms with Gasteiger partial charge in [-0.1, -0.05) is 0 Å². The van der Waals surface area contributed by atoms with E-state index in [1.807, 2.05) is 0 Å². The molecule has 0 radical (unpaired) electrons. The van der Waals surface area contributed by atoms with Gasteiger partial charge in [-0.15, -0.1) is 0 Å². The van der Waals surface area contributed by atoms with Crippen LogP contribution in [0.25, 0.3) is 0 Å². The van der Waals surface area contributed by atoms with Crippen LogP contribution in [-0.4, -0.2) is 11.1 Å². The van der Waals surface area contributed by atoms with E-state index in [0.717, 1.165) is 0 Å². The number of nitrogen functional groups attached to an aromatic ring is 1. The van der Waals surface area contributed by atoms with Crippen LogP contribution in [0, 0.1) is 5.82 Å². The largest absolute Gasteiger partial charge is 0.478 e. The van der Waals surface area contributed by atoms with Crippen LogP contribution < -0.4 is 5.73 Å². The van der Waals surface area contributed by atoms with Crippen molar-refractivity contribution in [2.75, 3.05) is 5.73 Å². The summed E-state index contributed by atoms with van der Waals surface area (Å²) in [5.74, 6) is -2.58. The molecular formula is C8H6F3NO2. The van der Waals surface area contributed by atoms with E-state index in [-0.39, 0.29) is 0 Å². The quantitative estimate of drug-likeness (QED) is 0.726. The highest BCUT2D eigenvalue weighted by Crippen LogP contribution is 2.28. The van der Waals surface area contributed by atoms with E-state index < -0.39 is 35.0 Å². The maximum absolute atomic E-state index is 12.6. The van der Waals surface area contributed by atoms with E-state index in [2.05, 4.69) is 0 Å². The molecule has 1 aromatic carbocycles. The second kappa shape index (κ2) is 3.57. The van der Waals surface area contributed by atoms with Crippen LogP contribution in [0.4, 0.5) is 18.9 Å². The third kappa shape index (κ3) is 1.78. The van der Waals surface area contributed by atoms with Gasteiger partial charge in [-0.25, -0.2) is 18.0 Å².